The van der Waals surface area contributed by atoms with Gasteiger partial charge in [-0.25, -0.2) is 8.78 Å². The molecule has 1 amide bonds. The minimum absolute atomic E-state index is 0.173. The van der Waals surface area contributed by atoms with Gasteiger partial charge in [0.25, 0.3) is 5.91 Å². The third-order valence-corrected chi connectivity index (χ3v) is 3.41. The second-order valence-corrected chi connectivity index (χ2v) is 4.83. The summed E-state index contributed by atoms with van der Waals surface area (Å²) in [4.78, 5) is 12.1. The lowest BCUT2D eigenvalue weighted by molar-refractivity contribution is 0.0931. The Hall–Kier alpha value is -2.43. The van der Waals surface area contributed by atoms with Crippen LogP contribution in [0.25, 0.3) is 0 Å². The van der Waals surface area contributed by atoms with E-state index in [1.54, 1.807) is 19.2 Å². The first-order valence-electron chi connectivity index (χ1n) is 6.95. The van der Waals surface area contributed by atoms with Crippen LogP contribution in [-0.2, 0) is 0 Å². The molecule has 116 valence electrons. The second-order valence-electron chi connectivity index (χ2n) is 4.83. The molecule has 0 aliphatic rings. The quantitative estimate of drug-likeness (QED) is 0.911. The number of amides is 1. The van der Waals surface area contributed by atoms with Gasteiger partial charge < -0.3 is 10.1 Å². The van der Waals surface area contributed by atoms with Crippen molar-refractivity contribution in [3.05, 3.63) is 65.2 Å². The molecule has 0 aromatic heterocycles. The first kappa shape index (κ1) is 15.9. The van der Waals surface area contributed by atoms with Gasteiger partial charge in [0.1, 0.15) is 17.4 Å². The molecule has 0 radical (unpaired) electrons. The minimum atomic E-state index is -0.873. The Kier molecular flexibility index (Phi) is 5.09. The molecule has 1 N–H and O–H groups in total. The van der Waals surface area contributed by atoms with Gasteiger partial charge in [-0.1, -0.05) is 19.1 Å². The minimum Gasteiger partial charge on any atom is -0.497 e. The third kappa shape index (κ3) is 3.61. The van der Waals surface area contributed by atoms with Crippen LogP contribution in [0.2, 0.25) is 0 Å². The number of ether oxygens (including phenoxy) is 1. The number of rotatable bonds is 5. The summed E-state index contributed by atoms with van der Waals surface area (Å²) in [7, 11) is 1.57. The molecule has 0 saturated carbocycles. The maximum Gasteiger partial charge on any atom is 0.254 e. The fraction of sp³-hybridized carbons (Fsp3) is 0.235. The van der Waals surface area contributed by atoms with Crippen molar-refractivity contribution in [3.63, 3.8) is 0 Å². The van der Waals surface area contributed by atoms with Crippen molar-refractivity contribution < 1.29 is 18.3 Å². The summed E-state index contributed by atoms with van der Waals surface area (Å²) in [6, 6.07) is 9.91. The van der Waals surface area contributed by atoms with Gasteiger partial charge in [0, 0.05) is 6.07 Å². The number of hydrogen-bond acceptors (Lipinski definition) is 2. The van der Waals surface area contributed by atoms with Crippen LogP contribution in [0, 0.1) is 11.6 Å². The van der Waals surface area contributed by atoms with Gasteiger partial charge in [-0.3, -0.25) is 4.79 Å². The van der Waals surface area contributed by atoms with E-state index in [0.29, 0.717) is 12.5 Å². The third-order valence-electron chi connectivity index (χ3n) is 3.41. The highest BCUT2D eigenvalue weighted by Gasteiger charge is 2.17. The molecule has 0 saturated heterocycles. The van der Waals surface area contributed by atoms with E-state index < -0.39 is 17.5 Å². The lowest BCUT2D eigenvalue weighted by Gasteiger charge is -2.18. The van der Waals surface area contributed by atoms with Gasteiger partial charge in [0.05, 0.1) is 18.7 Å². The molecule has 2 aromatic carbocycles. The summed E-state index contributed by atoms with van der Waals surface area (Å²) in [6.45, 7) is 1.91. The summed E-state index contributed by atoms with van der Waals surface area (Å²) in [5.41, 5.74) is 0.715. The molecule has 22 heavy (non-hydrogen) atoms. The monoisotopic (exact) mass is 305 g/mol. The molecule has 5 heteroatoms. The SMILES string of the molecule is CC[C@H](NC(=O)c1ccc(F)cc1F)c1ccc(OC)cc1. The van der Waals surface area contributed by atoms with Crippen LogP contribution in [0.3, 0.4) is 0 Å². The summed E-state index contributed by atoms with van der Waals surface area (Å²) < 4.78 is 31.6. The lowest BCUT2D eigenvalue weighted by Crippen LogP contribution is -2.28. The van der Waals surface area contributed by atoms with Crippen LogP contribution < -0.4 is 10.1 Å². The molecule has 0 fully saturated rings. The van der Waals surface area contributed by atoms with Gasteiger partial charge in [0.15, 0.2) is 0 Å². The molecule has 0 aliphatic heterocycles. The van der Waals surface area contributed by atoms with Gasteiger partial charge >= 0.3 is 0 Å². The van der Waals surface area contributed by atoms with Gasteiger partial charge in [-0.2, -0.15) is 0 Å². The Morgan fingerprint density at radius 1 is 1.18 bits per heavy atom. The number of hydrogen-bond donors (Lipinski definition) is 1. The van der Waals surface area contributed by atoms with E-state index in [2.05, 4.69) is 5.32 Å². The van der Waals surface area contributed by atoms with Crippen LogP contribution in [-0.4, -0.2) is 13.0 Å². The van der Waals surface area contributed by atoms with Crippen molar-refractivity contribution in [2.75, 3.05) is 7.11 Å². The van der Waals surface area contributed by atoms with E-state index in [4.69, 9.17) is 4.74 Å². The molecule has 0 unspecified atom stereocenters. The zero-order valence-electron chi connectivity index (χ0n) is 12.4. The number of halogens is 2. The Labute approximate surface area is 127 Å². The number of benzene rings is 2. The van der Waals surface area contributed by atoms with E-state index in [9.17, 15) is 13.6 Å². The second kappa shape index (κ2) is 7.02. The van der Waals surface area contributed by atoms with Crippen molar-refractivity contribution in [2.24, 2.45) is 0 Å². The van der Waals surface area contributed by atoms with Crippen molar-refractivity contribution in [3.8, 4) is 5.75 Å². The molecular formula is C17H17F2NO2. The fourth-order valence-electron chi connectivity index (χ4n) is 2.17. The maximum absolute atomic E-state index is 13.6. The van der Waals surface area contributed by atoms with Crippen molar-refractivity contribution in [2.45, 2.75) is 19.4 Å². The molecule has 0 aliphatic carbocycles. The standard InChI is InChI=1S/C17H17F2NO2/c1-3-16(11-4-7-13(22-2)8-5-11)20-17(21)14-9-6-12(18)10-15(14)19/h4-10,16H,3H2,1-2H3,(H,20,21)/t16-/m0/s1. The average molecular weight is 305 g/mol. The first-order valence-corrected chi connectivity index (χ1v) is 6.95. The molecule has 2 rings (SSSR count). The zero-order valence-corrected chi connectivity index (χ0v) is 12.4. The molecular weight excluding hydrogens is 288 g/mol. The Balaban J connectivity index is 2.16. The van der Waals surface area contributed by atoms with Crippen molar-refractivity contribution >= 4 is 5.91 Å². The van der Waals surface area contributed by atoms with Crippen LogP contribution in [0.4, 0.5) is 8.78 Å². The van der Waals surface area contributed by atoms with Crippen LogP contribution in [0.5, 0.6) is 5.75 Å². The molecule has 1 atom stereocenters. The molecule has 0 bridgehead atoms. The van der Waals surface area contributed by atoms with E-state index in [-0.39, 0.29) is 11.6 Å². The summed E-state index contributed by atoms with van der Waals surface area (Å²) in [5.74, 6) is -1.44. The van der Waals surface area contributed by atoms with Crippen LogP contribution in [0.1, 0.15) is 35.3 Å². The predicted molar refractivity (Wildman–Crippen MR) is 79.9 cm³/mol. The number of nitrogens with one attached hydrogen (secondary N) is 1. The first-order chi connectivity index (χ1) is 10.5. The highest BCUT2D eigenvalue weighted by molar-refractivity contribution is 5.94. The largest absolute Gasteiger partial charge is 0.497 e. The summed E-state index contributed by atoms with van der Waals surface area (Å²) in [5, 5.41) is 2.75. The zero-order chi connectivity index (χ0) is 16.1. The summed E-state index contributed by atoms with van der Waals surface area (Å²) >= 11 is 0. The Bertz CT molecular complexity index is 656. The number of methoxy groups -OCH3 is 1. The highest BCUT2D eigenvalue weighted by Crippen LogP contribution is 2.21. The van der Waals surface area contributed by atoms with Gasteiger partial charge in [-0.05, 0) is 36.2 Å². The van der Waals surface area contributed by atoms with E-state index in [1.807, 2.05) is 19.1 Å². The topological polar surface area (TPSA) is 38.3 Å². The van der Waals surface area contributed by atoms with Crippen molar-refractivity contribution in [1.29, 1.82) is 0 Å². The van der Waals surface area contributed by atoms with Gasteiger partial charge in [0.2, 0.25) is 0 Å². The van der Waals surface area contributed by atoms with Crippen LogP contribution in [0.15, 0.2) is 42.5 Å². The molecule has 2 aromatic rings. The predicted octanol–water partition coefficient (Wildman–Crippen LogP) is 3.85. The van der Waals surface area contributed by atoms with E-state index >= 15 is 0 Å². The fourth-order valence-corrected chi connectivity index (χ4v) is 2.17. The molecule has 0 heterocycles. The highest BCUT2D eigenvalue weighted by atomic mass is 19.1. The molecule has 3 nitrogen and oxygen atoms in total. The number of carbonyl (C=O) groups excluding carboxylic acids is 1. The maximum atomic E-state index is 13.6. The molecule has 0 spiro atoms. The van der Waals surface area contributed by atoms with Crippen LogP contribution >= 0.6 is 0 Å². The van der Waals surface area contributed by atoms with Crippen molar-refractivity contribution in [1.82, 2.24) is 5.32 Å². The lowest BCUT2D eigenvalue weighted by atomic mass is 10.0. The summed E-state index contributed by atoms with van der Waals surface area (Å²) in [6.07, 6.45) is 0.640. The van der Waals surface area contributed by atoms with Gasteiger partial charge in [-0.15, -0.1) is 0 Å². The Morgan fingerprint density at radius 3 is 2.41 bits per heavy atom. The Morgan fingerprint density at radius 2 is 1.86 bits per heavy atom. The van der Waals surface area contributed by atoms with E-state index in [0.717, 1.165) is 23.4 Å². The number of carbonyl (C=O) groups is 1. The average Bonchev–Trinajstić information content (AvgIpc) is 2.52. The smallest absolute Gasteiger partial charge is 0.254 e. The normalized spacial score (nSPS) is 11.8. The van der Waals surface area contributed by atoms with E-state index in [1.165, 1.54) is 0 Å².